The van der Waals surface area contributed by atoms with Crippen LogP contribution in [0.3, 0.4) is 0 Å². The topological polar surface area (TPSA) is 141 Å². The van der Waals surface area contributed by atoms with Crippen LogP contribution in [0.25, 0.3) is 0 Å². The van der Waals surface area contributed by atoms with E-state index in [1.54, 1.807) is 24.3 Å². The van der Waals surface area contributed by atoms with Crippen molar-refractivity contribution >= 4 is 35.2 Å². The molecule has 0 saturated carbocycles. The van der Waals surface area contributed by atoms with Gasteiger partial charge in [0, 0.05) is 4.90 Å². The monoisotopic (exact) mass is 296 g/mol. The Morgan fingerprint density at radius 2 is 1.80 bits per heavy atom. The third-order valence-electron chi connectivity index (χ3n) is 2.27. The van der Waals surface area contributed by atoms with Crippen LogP contribution in [0.2, 0.25) is 0 Å². The van der Waals surface area contributed by atoms with Crippen molar-refractivity contribution in [2.75, 3.05) is 11.1 Å². The molecule has 1 unspecified atom stereocenters. The number of benzene rings is 1. The quantitative estimate of drug-likeness (QED) is 0.497. The smallest absolute Gasteiger partial charge is 0.241 e. The zero-order valence-electron chi connectivity index (χ0n) is 10.7. The number of nitrogens with one attached hydrogen (secondary N) is 1. The van der Waals surface area contributed by atoms with Gasteiger partial charge < -0.3 is 22.5 Å². The van der Waals surface area contributed by atoms with Crippen LogP contribution in [-0.2, 0) is 14.4 Å². The molecule has 0 heterocycles. The van der Waals surface area contributed by atoms with Crippen LogP contribution in [0.4, 0.5) is 5.69 Å². The Bertz CT molecular complexity index is 521. The summed E-state index contributed by atoms with van der Waals surface area (Å²) in [6.45, 7) is 0. The molecule has 0 aromatic heterocycles. The molecule has 20 heavy (non-hydrogen) atoms. The highest BCUT2D eigenvalue weighted by molar-refractivity contribution is 8.00. The fourth-order valence-corrected chi connectivity index (χ4v) is 2.13. The highest BCUT2D eigenvalue weighted by Crippen LogP contribution is 2.26. The number of primary amides is 2. The van der Waals surface area contributed by atoms with Gasteiger partial charge in [-0.1, -0.05) is 12.1 Å². The standard InChI is InChI=1S/C12H16N4O3S/c13-7(5-10(14)17)12(19)16-8-3-1-2-4-9(8)20-6-11(15)18/h1-4,7H,5-6,13H2,(H2,14,17)(H2,15,18)(H,16,19). The molecule has 7 nitrogen and oxygen atoms in total. The predicted molar refractivity (Wildman–Crippen MR) is 76.8 cm³/mol. The van der Waals surface area contributed by atoms with Gasteiger partial charge in [-0.05, 0) is 12.1 Å². The molecule has 0 saturated heterocycles. The summed E-state index contributed by atoms with van der Waals surface area (Å²) in [5.41, 5.74) is 16.1. The second kappa shape index (κ2) is 7.51. The minimum atomic E-state index is -1.01. The molecule has 1 aromatic carbocycles. The molecule has 8 heteroatoms. The lowest BCUT2D eigenvalue weighted by Crippen LogP contribution is -2.39. The summed E-state index contributed by atoms with van der Waals surface area (Å²) in [5.74, 6) is -1.53. The maximum absolute atomic E-state index is 11.8. The maximum Gasteiger partial charge on any atom is 0.241 e. The number of para-hydroxylation sites is 1. The van der Waals surface area contributed by atoms with E-state index in [4.69, 9.17) is 17.2 Å². The molecule has 0 bridgehead atoms. The van der Waals surface area contributed by atoms with Gasteiger partial charge in [-0.15, -0.1) is 11.8 Å². The van der Waals surface area contributed by atoms with Crippen LogP contribution in [-0.4, -0.2) is 29.5 Å². The first-order valence-corrected chi connectivity index (χ1v) is 6.73. The van der Waals surface area contributed by atoms with E-state index in [1.165, 1.54) is 11.8 Å². The Balaban J connectivity index is 2.73. The minimum Gasteiger partial charge on any atom is -0.370 e. The minimum absolute atomic E-state index is 0.0974. The number of hydrogen-bond donors (Lipinski definition) is 4. The lowest BCUT2D eigenvalue weighted by molar-refractivity contribution is -0.123. The van der Waals surface area contributed by atoms with Crippen LogP contribution >= 0.6 is 11.8 Å². The van der Waals surface area contributed by atoms with E-state index in [0.717, 1.165) is 0 Å². The number of amides is 3. The first-order chi connectivity index (χ1) is 9.40. The van der Waals surface area contributed by atoms with Gasteiger partial charge >= 0.3 is 0 Å². The normalized spacial score (nSPS) is 11.7. The third-order valence-corrected chi connectivity index (χ3v) is 3.37. The summed E-state index contributed by atoms with van der Waals surface area (Å²) in [6, 6.07) is 5.88. The summed E-state index contributed by atoms with van der Waals surface area (Å²) >= 11 is 1.20. The van der Waals surface area contributed by atoms with E-state index in [0.29, 0.717) is 10.6 Å². The first-order valence-electron chi connectivity index (χ1n) is 5.75. The number of anilines is 1. The molecule has 1 aromatic rings. The van der Waals surface area contributed by atoms with Gasteiger partial charge in [-0.3, -0.25) is 14.4 Å². The molecule has 0 spiro atoms. The zero-order valence-corrected chi connectivity index (χ0v) is 11.5. The van der Waals surface area contributed by atoms with E-state index in [1.807, 2.05) is 0 Å². The van der Waals surface area contributed by atoms with E-state index in [2.05, 4.69) is 5.32 Å². The molecule has 0 aliphatic rings. The zero-order chi connectivity index (χ0) is 15.1. The van der Waals surface area contributed by atoms with Crippen molar-refractivity contribution in [3.8, 4) is 0 Å². The Labute approximate surface area is 120 Å². The predicted octanol–water partition coefficient (Wildman–Crippen LogP) is -0.595. The molecule has 1 rings (SSSR count). The van der Waals surface area contributed by atoms with Crippen molar-refractivity contribution in [2.24, 2.45) is 17.2 Å². The molecule has 1 atom stereocenters. The highest BCUT2D eigenvalue weighted by atomic mass is 32.2. The number of hydrogen-bond acceptors (Lipinski definition) is 5. The van der Waals surface area contributed by atoms with Crippen LogP contribution in [0, 0.1) is 0 Å². The number of thioether (sulfide) groups is 1. The van der Waals surface area contributed by atoms with Crippen LogP contribution in [0.5, 0.6) is 0 Å². The van der Waals surface area contributed by atoms with E-state index < -0.39 is 23.8 Å². The van der Waals surface area contributed by atoms with Crippen molar-refractivity contribution in [1.82, 2.24) is 0 Å². The summed E-state index contributed by atoms with van der Waals surface area (Å²) in [5, 5.41) is 2.59. The van der Waals surface area contributed by atoms with Gasteiger partial charge in [0.25, 0.3) is 0 Å². The van der Waals surface area contributed by atoms with Crippen molar-refractivity contribution in [3.05, 3.63) is 24.3 Å². The Morgan fingerprint density at radius 1 is 1.15 bits per heavy atom. The molecule has 0 aliphatic heterocycles. The SMILES string of the molecule is NC(=O)CSc1ccccc1NC(=O)C(N)CC(N)=O. The summed E-state index contributed by atoms with van der Waals surface area (Å²) in [7, 11) is 0. The van der Waals surface area contributed by atoms with Crippen LogP contribution in [0.1, 0.15) is 6.42 Å². The largest absolute Gasteiger partial charge is 0.370 e. The molecular formula is C12H16N4O3S. The van der Waals surface area contributed by atoms with Gasteiger partial charge in [-0.25, -0.2) is 0 Å². The van der Waals surface area contributed by atoms with Crippen molar-refractivity contribution in [1.29, 1.82) is 0 Å². The average molecular weight is 296 g/mol. The van der Waals surface area contributed by atoms with Crippen molar-refractivity contribution in [3.63, 3.8) is 0 Å². The van der Waals surface area contributed by atoms with Gasteiger partial charge in [0.2, 0.25) is 17.7 Å². The first kappa shape index (κ1) is 16.0. The lowest BCUT2D eigenvalue weighted by Gasteiger charge is -2.13. The Morgan fingerprint density at radius 3 is 2.40 bits per heavy atom. The third kappa shape index (κ3) is 5.29. The van der Waals surface area contributed by atoms with Gasteiger partial charge in [0.05, 0.1) is 23.9 Å². The van der Waals surface area contributed by atoms with Crippen molar-refractivity contribution < 1.29 is 14.4 Å². The summed E-state index contributed by atoms with van der Waals surface area (Å²) in [4.78, 5) is 34.0. The molecule has 0 radical (unpaired) electrons. The molecule has 108 valence electrons. The van der Waals surface area contributed by atoms with Gasteiger partial charge in [0.15, 0.2) is 0 Å². The lowest BCUT2D eigenvalue weighted by atomic mass is 10.2. The number of rotatable bonds is 7. The summed E-state index contributed by atoms with van der Waals surface area (Å²) < 4.78 is 0. The molecule has 0 fully saturated rings. The number of nitrogens with two attached hydrogens (primary N) is 3. The van der Waals surface area contributed by atoms with E-state index >= 15 is 0 Å². The fraction of sp³-hybridized carbons (Fsp3) is 0.250. The van der Waals surface area contributed by atoms with E-state index in [-0.39, 0.29) is 12.2 Å². The van der Waals surface area contributed by atoms with E-state index in [9.17, 15) is 14.4 Å². The second-order valence-electron chi connectivity index (χ2n) is 4.02. The highest BCUT2D eigenvalue weighted by Gasteiger charge is 2.17. The number of carbonyl (C=O) groups is 3. The Hall–Kier alpha value is -2.06. The molecule has 3 amide bonds. The summed E-state index contributed by atoms with van der Waals surface area (Å²) in [6.07, 6.45) is -0.234. The Kier molecular flexibility index (Phi) is 6.01. The molecule has 0 aliphatic carbocycles. The van der Waals surface area contributed by atoms with Gasteiger partial charge in [-0.2, -0.15) is 0 Å². The average Bonchev–Trinajstić information content (AvgIpc) is 2.36. The van der Waals surface area contributed by atoms with Gasteiger partial charge in [0.1, 0.15) is 0 Å². The molecule has 7 N–H and O–H groups in total. The van der Waals surface area contributed by atoms with Crippen LogP contribution in [0.15, 0.2) is 29.2 Å². The van der Waals surface area contributed by atoms with Crippen molar-refractivity contribution in [2.45, 2.75) is 17.4 Å². The number of carbonyl (C=O) groups excluding carboxylic acids is 3. The maximum atomic E-state index is 11.8. The second-order valence-corrected chi connectivity index (χ2v) is 5.03. The fourth-order valence-electron chi connectivity index (χ4n) is 1.38. The van der Waals surface area contributed by atoms with Crippen LogP contribution < -0.4 is 22.5 Å². The molecular weight excluding hydrogens is 280 g/mol.